The number of ether oxygens (including phenoxy) is 5. The third-order valence-electron chi connectivity index (χ3n) is 17.0. The molecule has 588 valence electrons. The van der Waals surface area contributed by atoms with Crippen molar-refractivity contribution in [2.24, 2.45) is 34.5 Å². The van der Waals surface area contributed by atoms with Gasteiger partial charge in [-0.15, -0.1) is 0 Å². The van der Waals surface area contributed by atoms with Crippen LogP contribution in [-0.2, 0) is 75.3 Å². The molecule has 2 saturated heterocycles. The maximum atomic E-state index is 13.5. The number of nitrogens with one attached hydrogen (secondary N) is 4. The molecule has 6 amide bonds. The van der Waals surface area contributed by atoms with E-state index in [9.17, 15) is 53.4 Å². The van der Waals surface area contributed by atoms with Crippen LogP contribution < -0.4 is 21.3 Å². The summed E-state index contributed by atoms with van der Waals surface area (Å²) in [5.41, 5.74) is 3.27. The van der Waals surface area contributed by atoms with Gasteiger partial charge < -0.3 is 70.1 Å². The van der Waals surface area contributed by atoms with E-state index < -0.39 is 115 Å². The number of likely N-dealkylation sites (tertiary alicyclic amines) is 2. The van der Waals surface area contributed by atoms with E-state index in [1.54, 1.807) is 136 Å². The maximum absolute atomic E-state index is 13.5. The molecule has 31 heteroatoms. The summed E-state index contributed by atoms with van der Waals surface area (Å²) in [5.74, 6) is -5.70. The van der Waals surface area contributed by atoms with Crippen LogP contribution in [0.15, 0.2) is 60.7 Å². The van der Waals surface area contributed by atoms with E-state index >= 15 is 0 Å². The number of hydrogen-bond acceptors (Lipinski definition) is 18. The largest absolute Gasteiger partial charge is 0.481 e. The van der Waals surface area contributed by atoms with Gasteiger partial charge in [-0.25, -0.2) is 14.8 Å². The number of carboxylic acid groups (broad SMARTS) is 1. The Balaban J connectivity index is 0.000000360. The number of carboxylic acids is 1. The van der Waals surface area contributed by atoms with Crippen molar-refractivity contribution in [1.29, 1.82) is 0 Å². The smallest absolute Gasteiger partial charge is 0.408 e. The van der Waals surface area contributed by atoms with Crippen LogP contribution >= 0.6 is 69.6 Å². The van der Waals surface area contributed by atoms with Gasteiger partial charge in [-0.3, -0.25) is 38.4 Å². The molecule has 2 aliphatic heterocycles. The number of aliphatic hydroxyl groups is 2. The van der Waals surface area contributed by atoms with Gasteiger partial charge in [0.1, 0.15) is 43.0 Å². The normalized spacial score (nSPS) is 17.0. The summed E-state index contributed by atoms with van der Waals surface area (Å²) in [5, 5.41) is 42.0. The second-order valence-corrected chi connectivity index (χ2v) is 34.4. The highest BCUT2D eigenvalue weighted by Gasteiger charge is 2.38. The number of alkyl halides is 6. The first-order valence-electron chi connectivity index (χ1n) is 34.9. The first-order chi connectivity index (χ1) is 49.1. The van der Waals surface area contributed by atoms with Gasteiger partial charge in [0.2, 0.25) is 37.1 Å². The van der Waals surface area contributed by atoms with Crippen molar-refractivity contribution in [3.05, 3.63) is 94.3 Å². The molecule has 4 heterocycles. The summed E-state index contributed by atoms with van der Waals surface area (Å²) in [6, 6.07) is 11.8. The number of hydrogen-bond donors (Lipinski definition) is 7. The molecule has 2 aromatic heterocycles. The first-order valence-corrected chi connectivity index (χ1v) is 37.1. The number of fused-ring (bicyclic) bond motifs is 2. The number of piperidine rings is 2. The van der Waals surface area contributed by atoms with Crippen LogP contribution in [0.4, 0.5) is 4.79 Å². The van der Waals surface area contributed by atoms with Crippen molar-refractivity contribution < 1.29 is 82.2 Å². The number of rotatable bonds is 26. The molecule has 8 atom stereocenters. The van der Waals surface area contributed by atoms with Gasteiger partial charge >= 0.3 is 24.0 Å². The number of aromatic nitrogens is 2. The number of halogens is 6. The fraction of sp³-hybridized carbons (Fsp3) is 0.587. The minimum Gasteiger partial charge on any atom is -0.481 e. The van der Waals surface area contributed by atoms with E-state index in [1.165, 1.54) is 9.80 Å². The molecule has 0 radical (unpaired) electrons. The lowest BCUT2D eigenvalue weighted by atomic mass is 9.89. The van der Waals surface area contributed by atoms with E-state index in [0.717, 1.165) is 38.5 Å². The van der Waals surface area contributed by atoms with E-state index in [0.29, 0.717) is 68.9 Å². The number of methoxy groups -OCH3 is 2. The van der Waals surface area contributed by atoms with Crippen LogP contribution in [0.2, 0.25) is 0 Å². The second-order valence-electron chi connectivity index (χ2n) is 29.3. The van der Waals surface area contributed by atoms with E-state index in [1.807, 2.05) is 54.6 Å². The van der Waals surface area contributed by atoms with Gasteiger partial charge in [0, 0.05) is 62.3 Å². The lowest BCUT2D eigenvalue weighted by molar-refractivity contribution is -0.153. The first kappa shape index (κ1) is 91.7. The van der Waals surface area contributed by atoms with Crippen molar-refractivity contribution >= 4 is 157 Å². The number of carbonyl (C=O) groups is 9. The lowest BCUT2D eigenvalue weighted by Gasteiger charge is -2.34. The molecule has 6 rings (SSSR count). The average Bonchev–Trinajstić information content (AvgIpc) is 0.803. The van der Waals surface area contributed by atoms with Gasteiger partial charge in [-0.1, -0.05) is 146 Å². The lowest BCUT2D eigenvalue weighted by Crippen LogP contribution is -2.57. The summed E-state index contributed by atoms with van der Waals surface area (Å²) in [6.45, 7) is 26.6. The number of pyridine rings is 2. The highest BCUT2D eigenvalue weighted by molar-refractivity contribution is 6.68. The van der Waals surface area contributed by atoms with Crippen LogP contribution in [0.1, 0.15) is 175 Å². The molecule has 2 aromatic carbocycles. The van der Waals surface area contributed by atoms with E-state index in [4.69, 9.17) is 98.4 Å². The van der Waals surface area contributed by atoms with Crippen LogP contribution in [-0.4, -0.2) is 180 Å². The molecule has 106 heavy (non-hydrogen) atoms. The molecule has 4 aromatic rings. The number of aliphatic hydroxyl groups excluding tert-OH is 2. The number of carbonyl (C=O) groups excluding carboxylic acids is 8. The summed E-state index contributed by atoms with van der Waals surface area (Å²) in [6.07, 6.45) is 7.05. The molecule has 2 fully saturated rings. The van der Waals surface area contributed by atoms with E-state index in [2.05, 4.69) is 31.2 Å². The second kappa shape index (κ2) is 40.7. The standard InChI is InChI=1S/C35H47Cl3N4O7.C21H34Cl3N3O6.C19H23NO4/c1-20(2)28(30(44)39-21(3)31(45)42-14-8-9-25(17-42)32(46)49-19-35(36,37)38)41-33(47)34(5,6)13-12-23-10-11-24-16-26(18-48-7)29(22(4)43)40-27(24)15-23;1-12(2)15(26-19(31)33-20(4,5)6)16(28)25-13(3)17(29)27-9-7-8-14(10-27)18(30)32-11-21(22,23)24;1-12(21)17-15(11-24-4)10-14-6-5-13(9-16(14)20-17)7-8-19(2,3)18(22)23/h10-13,15-16,20-22,25,28,43H,8-9,14,17-19H2,1-7H3,(H,39,44)(H,41,47);12-15H,7-11H2,1-6H3,(H,25,28)(H,26,31);5-10,12,21H,11H2,1-4H3,(H,22,23)/b13-12+;;8-7+/t21-,22+,25+,28-;13-,14+,15-;12-/m001/s1. The minimum absolute atomic E-state index is 0.118. The SMILES string of the molecule is CC(C)[C@H](NC(=O)OC(C)(C)C)C(=O)N[C@@H](C)C(=O)N1CCC[C@@H](C(=O)OCC(Cl)(Cl)Cl)C1.COCc1cc2ccc(/C=C/C(C)(C)C(=O)N[C@H](C(=O)N[C@@H](C)C(=O)N3CCC[C@@H](C(=O)OCC(Cl)(Cl)Cl)C3)C(C)C)cc2nc1[C@@H](C)O.COCc1cc2ccc(/C=C/C(C)(C)C(=O)O)cc2nc1[C@@H](C)O. The van der Waals surface area contributed by atoms with Crippen molar-refractivity contribution in [2.45, 2.75) is 192 Å². The Labute approximate surface area is 651 Å². The molecular formula is C75H104Cl6N8O17. The zero-order valence-corrected chi connectivity index (χ0v) is 67.8. The summed E-state index contributed by atoms with van der Waals surface area (Å²) >= 11 is 33.9. The quantitative estimate of drug-likeness (QED) is 0.0174. The Morgan fingerprint density at radius 3 is 1.27 bits per heavy atom. The molecule has 0 unspecified atom stereocenters. The Bertz CT molecular complexity index is 3780. The predicted molar refractivity (Wildman–Crippen MR) is 411 cm³/mol. The van der Waals surface area contributed by atoms with E-state index in [-0.39, 0.29) is 49.3 Å². The molecule has 7 N–H and O–H groups in total. The van der Waals surface area contributed by atoms with Gasteiger partial charge in [0.05, 0.1) is 70.5 Å². The van der Waals surface area contributed by atoms with Crippen LogP contribution in [0, 0.1) is 34.5 Å². The van der Waals surface area contributed by atoms with Gasteiger partial charge in [-0.2, -0.15) is 0 Å². The third kappa shape index (κ3) is 29.7. The van der Waals surface area contributed by atoms with Gasteiger partial charge in [-0.05, 0) is 149 Å². The van der Waals surface area contributed by atoms with Crippen molar-refractivity contribution in [2.75, 3.05) is 53.6 Å². The number of esters is 2. The molecular weight excluding hydrogens is 1500 g/mol. The maximum Gasteiger partial charge on any atom is 0.408 e. The fourth-order valence-electron chi connectivity index (χ4n) is 11.1. The Hall–Kier alpha value is -6.65. The van der Waals surface area contributed by atoms with Crippen LogP contribution in [0.25, 0.3) is 34.0 Å². The molecule has 0 aliphatic carbocycles. The van der Waals surface area contributed by atoms with Gasteiger partial charge in [0.15, 0.2) is 0 Å². The monoisotopic (exact) mass is 1600 g/mol. The number of alkyl carbamates (subject to hydrolysis) is 1. The minimum atomic E-state index is -1.73. The number of nitrogens with zero attached hydrogens (tertiary/aromatic N) is 4. The number of aliphatic carboxylic acids is 1. The van der Waals surface area contributed by atoms with Crippen molar-refractivity contribution in [3.63, 3.8) is 0 Å². The molecule has 25 nitrogen and oxygen atoms in total. The van der Waals surface area contributed by atoms with Crippen LogP contribution in [0.3, 0.4) is 0 Å². The third-order valence-corrected chi connectivity index (χ3v) is 17.7. The zero-order chi connectivity index (χ0) is 80.1. The highest BCUT2D eigenvalue weighted by Crippen LogP contribution is 2.32. The Morgan fingerprint density at radius 1 is 0.557 bits per heavy atom. The van der Waals surface area contributed by atoms with Crippen molar-refractivity contribution in [1.82, 2.24) is 41.0 Å². The molecule has 0 spiro atoms. The zero-order valence-electron chi connectivity index (χ0n) is 63.3. The summed E-state index contributed by atoms with van der Waals surface area (Å²) < 4.78 is 22.3. The highest BCUT2D eigenvalue weighted by atomic mass is 35.6. The molecule has 0 saturated carbocycles. The Morgan fingerprint density at radius 2 is 0.934 bits per heavy atom. The van der Waals surface area contributed by atoms with Crippen LogP contribution in [0.5, 0.6) is 0 Å². The Kier molecular flexibility index (Phi) is 35.2. The fourth-order valence-corrected chi connectivity index (χ4v) is 11.4. The predicted octanol–water partition coefficient (Wildman–Crippen LogP) is 12.0. The molecule has 2 aliphatic rings. The summed E-state index contributed by atoms with van der Waals surface area (Å²) in [7, 11) is 3.19. The average molecular weight is 1600 g/mol. The number of amides is 6. The topological polar surface area (TPSA) is 341 Å². The van der Waals surface area contributed by atoms with Crippen molar-refractivity contribution in [3.8, 4) is 0 Å². The summed E-state index contributed by atoms with van der Waals surface area (Å²) in [4.78, 5) is 126. The number of benzene rings is 2. The molecule has 0 bridgehead atoms. The van der Waals surface area contributed by atoms with Gasteiger partial charge in [0.25, 0.3) is 0 Å².